The second kappa shape index (κ2) is 4.05. The van der Waals surface area contributed by atoms with Crippen LogP contribution in [0.4, 0.5) is 5.69 Å². The monoisotopic (exact) mass is 199 g/mol. The van der Waals surface area contributed by atoms with Gasteiger partial charge in [-0.05, 0) is 36.8 Å². The molecule has 0 aromatic heterocycles. The van der Waals surface area contributed by atoms with Gasteiger partial charge < -0.3 is 10.5 Å². The molecule has 2 heteroatoms. The number of ether oxygens (including phenoxy) is 1. The highest BCUT2D eigenvalue weighted by Gasteiger charge is 2.01. The first kappa shape index (κ1) is 9.59. The van der Waals surface area contributed by atoms with Gasteiger partial charge in [-0.1, -0.05) is 24.3 Å². The minimum atomic E-state index is 0.666. The quantitative estimate of drug-likeness (QED) is 0.752. The van der Waals surface area contributed by atoms with Gasteiger partial charge in [-0.3, -0.25) is 0 Å². The summed E-state index contributed by atoms with van der Waals surface area (Å²) in [7, 11) is 0. The van der Waals surface area contributed by atoms with Crippen LogP contribution in [0.15, 0.2) is 48.5 Å². The van der Waals surface area contributed by atoms with Crippen LogP contribution >= 0.6 is 0 Å². The van der Waals surface area contributed by atoms with E-state index in [4.69, 9.17) is 10.5 Å². The van der Waals surface area contributed by atoms with Gasteiger partial charge in [0.2, 0.25) is 0 Å². The third kappa shape index (κ3) is 2.29. The number of nitrogen functional groups attached to an aromatic ring is 1. The molecule has 0 heterocycles. The lowest BCUT2D eigenvalue weighted by molar-refractivity contribution is 0.485. The molecule has 2 aromatic rings. The van der Waals surface area contributed by atoms with E-state index in [0.29, 0.717) is 11.4 Å². The van der Waals surface area contributed by atoms with Crippen LogP contribution in [0.25, 0.3) is 0 Å². The molecule has 2 N–H and O–H groups in total. The minimum absolute atomic E-state index is 0.666. The topological polar surface area (TPSA) is 35.2 Å². The maximum absolute atomic E-state index is 5.84. The van der Waals surface area contributed by atoms with Gasteiger partial charge in [-0.15, -0.1) is 0 Å². The molecule has 0 fully saturated rings. The molecule has 0 unspecified atom stereocenters. The molecule has 0 radical (unpaired) electrons. The number of aryl methyl sites for hydroxylation is 1. The van der Waals surface area contributed by atoms with Gasteiger partial charge in [0.05, 0.1) is 5.69 Å². The van der Waals surface area contributed by atoms with Crippen LogP contribution in [0.2, 0.25) is 0 Å². The second-order valence-electron chi connectivity index (χ2n) is 3.46. The molecule has 2 aromatic carbocycles. The van der Waals surface area contributed by atoms with Gasteiger partial charge in [0.25, 0.3) is 0 Å². The molecular weight excluding hydrogens is 186 g/mol. The third-order valence-corrected chi connectivity index (χ3v) is 2.14. The van der Waals surface area contributed by atoms with E-state index < -0.39 is 0 Å². The van der Waals surface area contributed by atoms with Crippen LogP contribution in [0.5, 0.6) is 11.5 Å². The summed E-state index contributed by atoms with van der Waals surface area (Å²) in [6, 6.07) is 15.4. The maximum Gasteiger partial charge on any atom is 0.150 e. The highest BCUT2D eigenvalue weighted by molar-refractivity contribution is 5.55. The Balaban J connectivity index is 2.25. The van der Waals surface area contributed by atoms with Crippen molar-refractivity contribution >= 4 is 5.69 Å². The summed E-state index contributed by atoms with van der Waals surface area (Å²) in [5.41, 5.74) is 7.64. The van der Waals surface area contributed by atoms with Crippen molar-refractivity contribution < 1.29 is 4.74 Å². The Morgan fingerprint density at radius 3 is 2.40 bits per heavy atom. The first-order chi connectivity index (χ1) is 7.25. The molecule has 0 amide bonds. The van der Waals surface area contributed by atoms with Gasteiger partial charge in [-0.2, -0.15) is 0 Å². The van der Waals surface area contributed by atoms with Crippen molar-refractivity contribution in [2.24, 2.45) is 0 Å². The number of nitrogens with two attached hydrogens (primary N) is 1. The zero-order chi connectivity index (χ0) is 10.7. The van der Waals surface area contributed by atoms with Crippen molar-refractivity contribution in [2.45, 2.75) is 6.92 Å². The molecule has 0 saturated carbocycles. The highest BCUT2D eigenvalue weighted by Crippen LogP contribution is 2.27. The SMILES string of the molecule is Cc1ccc(Oc2ccccc2)c(N)c1. The van der Waals surface area contributed by atoms with Crippen LogP contribution in [-0.4, -0.2) is 0 Å². The number of hydrogen-bond donors (Lipinski definition) is 1. The lowest BCUT2D eigenvalue weighted by Gasteiger charge is -2.08. The maximum atomic E-state index is 5.84. The average molecular weight is 199 g/mol. The van der Waals surface area contributed by atoms with E-state index >= 15 is 0 Å². The number of hydrogen-bond acceptors (Lipinski definition) is 2. The zero-order valence-corrected chi connectivity index (χ0v) is 8.60. The van der Waals surface area contributed by atoms with Gasteiger partial charge in [0.15, 0.2) is 0 Å². The number of para-hydroxylation sites is 1. The standard InChI is InChI=1S/C13H13NO/c1-10-7-8-13(12(14)9-10)15-11-5-3-2-4-6-11/h2-9H,14H2,1H3. The summed E-state index contributed by atoms with van der Waals surface area (Å²) in [4.78, 5) is 0. The van der Waals surface area contributed by atoms with Crippen molar-refractivity contribution in [1.82, 2.24) is 0 Å². The summed E-state index contributed by atoms with van der Waals surface area (Å²) in [5, 5.41) is 0. The smallest absolute Gasteiger partial charge is 0.150 e. The summed E-state index contributed by atoms with van der Waals surface area (Å²) in [5.74, 6) is 1.50. The van der Waals surface area contributed by atoms with E-state index in [1.807, 2.05) is 55.5 Å². The van der Waals surface area contributed by atoms with E-state index in [9.17, 15) is 0 Å². The number of anilines is 1. The van der Waals surface area contributed by atoms with Crippen molar-refractivity contribution in [3.63, 3.8) is 0 Å². The Bertz CT molecular complexity index is 451. The predicted octanol–water partition coefficient (Wildman–Crippen LogP) is 3.37. The van der Waals surface area contributed by atoms with E-state index in [-0.39, 0.29) is 0 Å². The van der Waals surface area contributed by atoms with E-state index in [1.165, 1.54) is 0 Å². The molecule has 0 saturated heterocycles. The Morgan fingerprint density at radius 1 is 1.00 bits per heavy atom. The van der Waals surface area contributed by atoms with Crippen LogP contribution in [0.1, 0.15) is 5.56 Å². The molecule has 0 aliphatic heterocycles. The van der Waals surface area contributed by atoms with Crippen molar-refractivity contribution in [1.29, 1.82) is 0 Å². The summed E-state index contributed by atoms with van der Waals surface area (Å²) in [6.07, 6.45) is 0. The van der Waals surface area contributed by atoms with Gasteiger partial charge in [-0.25, -0.2) is 0 Å². The average Bonchev–Trinajstić information content (AvgIpc) is 2.24. The summed E-state index contributed by atoms with van der Waals surface area (Å²) >= 11 is 0. The Morgan fingerprint density at radius 2 is 1.73 bits per heavy atom. The van der Waals surface area contributed by atoms with E-state index in [0.717, 1.165) is 11.3 Å². The lowest BCUT2D eigenvalue weighted by Crippen LogP contribution is -1.92. The largest absolute Gasteiger partial charge is 0.455 e. The van der Waals surface area contributed by atoms with Gasteiger partial charge in [0, 0.05) is 0 Å². The molecule has 76 valence electrons. The summed E-state index contributed by atoms with van der Waals surface area (Å²) < 4.78 is 5.64. The molecule has 0 aliphatic carbocycles. The normalized spacial score (nSPS) is 9.93. The van der Waals surface area contributed by atoms with Crippen LogP contribution < -0.4 is 10.5 Å². The Hall–Kier alpha value is -1.96. The molecule has 2 nitrogen and oxygen atoms in total. The van der Waals surface area contributed by atoms with Crippen molar-refractivity contribution in [2.75, 3.05) is 5.73 Å². The minimum Gasteiger partial charge on any atom is -0.455 e. The molecular formula is C13H13NO. The molecule has 0 spiro atoms. The fraction of sp³-hybridized carbons (Fsp3) is 0.0769. The van der Waals surface area contributed by atoms with Gasteiger partial charge >= 0.3 is 0 Å². The number of rotatable bonds is 2. The lowest BCUT2D eigenvalue weighted by atomic mass is 10.2. The molecule has 0 atom stereocenters. The number of benzene rings is 2. The van der Waals surface area contributed by atoms with E-state index in [1.54, 1.807) is 0 Å². The Labute approximate surface area is 89.3 Å². The van der Waals surface area contributed by atoms with Crippen LogP contribution in [0, 0.1) is 6.92 Å². The first-order valence-electron chi connectivity index (χ1n) is 4.85. The predicted molar refractivity (Wildman–Crippen MR) is 62.1 cm³/mol. The second-order valence-corrected chi connectivity index (χ2v) is 3.46. The molecule has 0 aliphatic rings. The van der Waals surface area contributed by atoms with Gasteiger partial charge in [0.1, 0.15) is 11.5 Å². The summed E-state index contributed by atoms with van der Waals surface area (Å²) in [6.45, 7) is 2.00. The van der Waals surface area contributed by atoms with Crippen molar-refractivity contribution in [3.05, 3.63) is 54.1 Å². The van der Waals surface area contributed by atoms with Crippen LogP contribution in [-0.2, 0) is 0 Å². The molecule has 2 rings (SSSR count). The third-order valence-electron chi connectivity index (χ3n) is 2.14. The fourth-order valence-electron chi connectivity index (χ4n) is 1.38. The first-order valence-corrected chi connectivity index (χ1v) is 4.85. The van der Waals surface area contributed by atoms with Crippen molar-refractivity contribution in [3.8, 4) is 11.5 Å². The fourth-order valence-corrected chi connectivity index (χ4v) is 1.38. The highest BCUT2D eigenvalue weighted by atomic mass is 16.5. The zero-order valence-electron chi connectivity index (χ0n) is 8.60. The molecule has 0 bridgehead atoms. The van der Waals surface area contributed by atoms with Crippen LogP contribution in [0.3, 0.4) is 0 Å². The van der Waals surface area contributed by atoms with E-state index in [2.05, 4.69) is 0 Å². The molecule has 15 heavy (non-hydrogen) atoms. The Kier molecular flexibility index (Phi) is 2.59.